The minimum absolute atomic E-state index is 0.0282. The van der Waals surface area contributed by atoms with Crippen molar-refractivity contribution in [3.63, 3.8) is 0 Å². The molecule has 0 aromatic heterocycles. The molecule has 264 valence electrons. The predicted octanol–water partition coefficient (Wildman–Crippen LogP) is 4.83. The average Bonchev–Trinajstić information content (AvgIpc) is 3.09. The van der Waals surface area contributed by atoms with E-state index in [1.807, 2.05) is 43.3 Å². The van der Waals surface area contributed by atoms with Crippen LogP contribution in [0.5, 0.6) is 17.2 Å². The van der Waals surface area contributed by atoms with Crippen LogP contribution < -0.4 is 30.2 Å². The Bertz CT molecular complexity index is 1580. The fraction of sp³-hybridized carbons (Fsp3) is 0.389. The van der Waals surface area contributed by atoms with Crippen LogP contribution in [-0.2, 0) is 22.4 Å². The van der Waals surface area contributed by atoms with E-state index in [2.05, 4.69) is 16.0 Å². The standard InChI is InChI=1S/C36H47N5O8/c1-25-9-6-7-10-29(25)38-35(45)39-30-13-11-27(23-32(30)48-4)21-28(42)24-37-17-8-18-40(2)36(46)41(20-16-34(43)44)19-15-26-12-14-31(47-3)33(22-26)49-5/h6-7,9-14,22-23,37H,8,15-21,24H2,1-5H3,(H,43,44)(H2,38,39,45). The summed E-state index contributed by atoms with van der Waals surface area (Å²) in [6.45, 7) is 3.40. The van der Waals surface area contributed by atoms with Crippen molar-refractivity contribution >= 4 is 35.2 Å². The molecule has 4 N–H and O–H groups in total. The average molecular weight is 678 g/mol. The van der Waals surface area contributed by atoms with Gasteiger partial charge in [-0.3, -0.25) is 9.59 Å². The number of carbonyl (C=O) groups is 4. The summed E-state index contributed by atoms with van der Waals surface area (Å²) in [6, 6.07) is 17.5. The highest BCUT2D eigenvalue weighted by Gasteiger charge is 2.19. The number of carbonyl (C=O) groups excluding carboxylic acids is 3. The van der Waals surface area contributed by atoms with Gasteiger partial charge in [-0.2, -0.15) is 0 Å². The summed E-state index contributed by atoms with van der Waals surface area (Å²) in [5, 5.41) is 17.9. The Hall–Kier alpha value is -5.30. The van der Waals surface area contributed by atoms with Gasteiger partial charge in [-0.25, -0.2) is 9.59 Å². The highest BCUT2D eigenvalue weighted by Crippen LogP contribution is 2.28. The minimum atomic E-state index is -0.979. The lowest BCUT2D eigenvalue weighted by Crippen LogP contribution is -2.44. The number of urea groups is 2. The number of aliphatic carboxylic acids is 1. The zero-order valence-corrected chi connectivity index (χ0v) is 28.8. The van der Waals surface area contributed by atoms with Crippen LogP contribution in [0.25, 0.3) is 0 Å². The van der Waals surface area contributed by atoms with Gasteiger partial charge in [0.05, 0.1) is 40.0 Å². The van der Waals surface area contributed by atoms with Crippen molar-refractivity contribution in [1.29, 1.82) is 0 Å². The van der Waals surface area contributed by atoms with E-state index in [0.29, 0.717) is 61.1 Å². The van der Waals surface area contributed by atoms with E-state index in [1.165, 1.54) is 12.0 Å². The second-order valence-electron chi connectivity index (χ2n) is 11.4. The Kier molecular flexibility index (Phi) is 15.2. The summed E-state index contributed by atoms with van der Waals surface area (Å²) in [4.78, 5) is 52.8. The quantitative estimate of drug-likeness (QED) is 0.131. The molecule has 3 aromatic carbocycles. The van der Waals surface area contributed by atoms with E-state index in [0.717, 1.165) is 16.7 Å². The molecular formula is C36H47N5O8. The molecule has 0 radical (unpaired) electrons. The maximum atomic E-state index is 13.2. The fourth-order valence-corrected chi connectivity index (χ4v) is 5.07. The predicted molar refractivity (Wildman–Crippen MR) is 188 cm³/mol. The first-order valence-electron chi connectivity index (χ1n) is 16.0. The summed E-state index contributed by atoms with van der Waals surface area (Å²) >= 11 is 0. The number of ketones is 1. The van der Waals surface area contributed by atoms with Crippen LogP contribution in [0.3, 0.4) is 0 Å². The molecule has 0 fully saturated rings. The molecule has 13 nitrogen and oxygen atoms in total. The Morgan fingerprint density at radius 2 is 1.45 bits per heavy atom. The number of hydrogen-bond donors (Lipinski definition) is 4. The van der Waals surface area contributed by atoms with E-state index in [1.54, 1.807) is 50.4 Å². The van der Waals surface area contributed by atoms with Crippen LogP contribution in [0.15, 0.2) is 60.7 Å². The van der Waals surface area contributed by atoms with Crippen molar-refractivity contribution in [1.82, 2.24) is 15.1 Å². The number of amides is 4. The number of anilines is 2. The third-order valence-electron chi connectivity index (χ3n) is 7.79. The smallest absolute Gasteiger partial charge is 0.323 e. The maximum Gasteiger partial charge on any atom is 0.323 e. The van der Waals surface area contributed by atoms with E-state index in [-0.39, 0.29) is 37.7 Å². The minimum Gasteiger partial charge on any atom is -0.495 e. The van der Waals surface area contributed by atoms with Crippen LogP contribution in [-0.4, -0.2) is 99.8 Å². The largest absolute Gasteiger partial charge is 0.495 e. The summed E-state index contributed by atoms with van der Waals surface area (Å²) in [6.07, 6.45) is 1.12. The number of methoxy groups -OCH3 is 3. The highest BCUT2D eigenvalue weighted by molar-refractivity contribution is 6.01. The number of ether oxygens (including phenoxy) is 3. The Morgan fingerprint density at radius 1 is 0.776 bits per heavy atom. The summed E-state index contributed by atoms with van der Waals surface area (Å²) in [5.74, 6) is 0.611. The van der Waals surface area contributed by atoms with Crippen molar-refractivity contribution in [2.45, 2.75) is 32.6 Å². The summed E-state index contributed by atoms with van der Waals surface area (Å²) in [7, 11) is 6.28. The van der Waals surface area contributed by atoms with Gasteiger partial charge in [-0.1, -0.05) is 30.3 Å². The molecule has 0 heterocycles. The molecule has 13 heteroatoms. The second-order valence-corrected chi connectivity index (χ2v) is 11.4. The number of nitrogens with zero attached hydrogens (tertiary/aromatic N) is 2. The van der Waals surface area contributed by atoms with Gasteiger partial charge in [-0.05, 0) is 73.3 Å². The van der Waals surface area contributed by atoms with Gasteiger partial charge in [0.15, 0.2) is 17.3 Å². The number of Topliss-reactive ketones (excluding diaryl/α,β-unsaturated/α-hetero) is 1. The Balaban J connectivity index is 1.43. The summed E-state index contributed by atoms with van der Waals surface area (Å²) in [5.41, 5.74) is 3.78. The van der Waals surface area contributed by atoms with Gasteiger partial charge in [0.1, 0.15) is 5.75 Å². The van der Waals surface area contributed by atoms with Crippen LogP contribution in [0.1, 0.15) is 29.5 Å². The number of para-hydroxylation sites is 1. The van der Waals surface area contributed by atoms with E-state index in [4.69, 9.17) is 14.2 Å². The van der Waals surface area contributed by atoms with Gasteiger partial charge in [0.2, 0.25) is 0 Å². The monoisotopic (exact) mass is 677 g/mol. The topological polar surface area (TPSA) is 159 Å². The van der Waals surface area contributed by atoms with Gasteiger partial charge in [-0.15, -0.1) is 0 Å². The molecule has 4 amide bonds. The van der Waals surface area contributed by atoms with Crippen molar-refractivity contribution in [2.75, 3.05) is 71.7 Å². The number of hydrogen-bond acceptors (Lipinski definition) is 8. The van der Waals surface area contributed by atoms with E-state index < -0.39 is 12.0 Å². The van der Waals surface area contributed by atoms with Gasteiger partial charge in [0.25, 0.3) is 0 Å². The lowest BCUT2D eigenvalue weighted by molar-refractivity contribution is -0.137. The maximum absolute atomic E-state index is 13.2. The summed E-state index contributed by atoms with van der Waals surface area (Å²) < 4.78 is 16.1. The number of carboxylic acids is 1. The van der Waals surface area contributed by atoms with Gasteiger partial charge < -0.3 is 45.1 Å². The van der Waals surface area contributed by atoms with Crippen LogP contribution >= 0.6 is 0 Å². The number of carboxylic acid groups (broad SMARTS) is 1. The Morgan fingerprint density at radius 3 is 2.14 bits per heavy atom. The molecule has 0 aliphatic rings. The zero-order valence-electron chi connectivity index (χ0n) is 28.8. The number of nitrogens with one attached hydrogen (secondary N) is 3. The molecule has 0 aliphatic carbocycles. The van der Waals surface area contributed by atoms with Crippen molar-refractivity contribution < 1.29 is 38.5 Å². The van der Waals surface area contributed by atoms with Crippen molar-refractivity contribution in [2.24, 2.45) is 0 Å². The lowest BCUT2D eigenvalue weighted by atomic mass is 10.1. The Labute approximate surface area is 287 Å². The molecule has 3 aromatic rings. The molecule has 0 saturated carbocycles. The number of aryl methyl sites for hydroxylation is 1. The molecular weight excluding hydrogens is 630 g/mol. The zero-order chi connectivity index (χ0) is 35.8. The molecule has 0 aliphatic heterocycles. The number of rotatable bonds is 19. The highest BCUT2D eigenvalue weighted by atomic mass is 16.5. The van der Waals surface area contributed by atoms with Crippen LogP contribution in [0.4, 0.5) is 21.0 Å². The molecule has 3 rings (SSSR count). The van der Waals surface area contributed by atoms with Gasteiger partial charge in [0, 0.05) is 38.8 Å². The number of benzene rings is 3. The van der Waals surface area contributed by atoms with Crippen LogP contribution in [0.2, 0.25) is 0 Å². The van der Waals surface area contributed by atoms with Crippen molar-refractivity contribution in [3.8, 4) is 17.2 Å². The van der Waals surface area contributed by atoms with Crippen LogP contribution in [0, 0.1) is 6.92 Å². The molecule has 0 atom stereocenters. The third kappa shape index (κ3) is 12.3. The SMILES string of the molecule is COc1cc(CC(=O)CNCCCN(C)C(=O)N(CCC(=O)O)CCc2ccc(OC)c(OC)c2)ccc1NC(=O)Nc1ccccc1C. The third-order valence-corrected chi connectivity index (χ3v) is 7.79. The molecule has 0 saturated heterocycles. The van der Waals surface area contributed by atoms with E-state index >= 15 is 0 Å². The molecule has 0 unspecified atom stereocenters. The fourth-order valence-electron chi connectivity index (χ4n) is 5.07. The normalized spacial score (nSPS) is 10.6. The first kappa shape index (κ1) is 38.2. The second kappa shape index (κ2) is 19.5. The molecule has 0 spiro atoms. The first-order chi connectivity index (χ1) is 23.5. The van der Waals surface area contributed by atoms with E-state index in [9.17, 15) is 24.3 Å². The van der Waals surface area contributed by atoms with Gasteiger partial charge >= 0.3 is 18.0 Å². The first-order valence-corrected chi connectivity index (χ1v) is 16.0. The molecule has 49 heavy (non-hydrogen) atoms. The lowest BCUT2D eigenvalue weighted by Gasteiger charge is -2.28. The molecule has 0 bridgehead atoms. The van der Waals surface area contributed by atoms with Crippen molar-refractivity contribution in [3.05, 3.63) is 77.4 Å².